The predicted octanol–water partition coefficient (Wildman–Crippen LogP) is 1.82. The first-order valence-electron chi connectivity index (χ1n) is 6.24. The molecule has 1 amide bonds. The normalized spacial score (nSPS) is 18.2. The highest BCUT2D eigenvalue weighted by Crippen LogP contribution is 2.18. The highest BCUT2D eigenvalue weighted by molar-refractivity contribution is 5.75. The Balaban J connectivity index is 1.80. The molecule has 1 aromatic rings. The fourth-order valence-corrected chi connectivity index (χ4v) is 2.10. The van der Waals surface area contributed by atoms with Gasteiger partial charge in [0.15, 0.2) is 0 Å². The van der Waals surface area contributed by atoms with Crippen LogP contribution in [-0.4, -0.2) is 37.2 Å². The number of hydrogen-bond donors (Lipinski definition) is 0. The van der Waals surface area contributed by atoms with E-state index in [0.29, 0.717) is 19.5 Å². The van der Waals surface area contributed by atoms with Gasteiger partial charge >= 0.3 is 12.1 Å². The van der Waals surface area contributed by atoms with Crippen LogP contribution in [0.2, 0.25) is 0 Å². The first kappa shape index (κ1) is 13.4. The molecule has 0 bridgehead atoms. The lowest BCUT2D eigenvalue weighted by atomic mass is 10.1. The minimum atomic E-state index is -0.379. The molecular formula is C14H17NO4. The molecule has 0 aliphatic carbocycles. The van der Waals surface area contributed by atoms with Crippen molar-refractivity contribution in [2.75, 3.05) is 20.2 Å². The van der Waals surface area contributed by atoms with Gasteiger partial charge in [-0.1, -0.05) is 30.3 Å². The maximum atomic E-state index is 11.8. The summed E-state index contributed by atoms with van der Waals surface area (Å²) < 4.78 is 9.88. The minimum absolute atomic E-state index is 0.228. The van der Waals surface area contributed by atoms with Gasteiger partial charge in [-0.15, -0.1) is 0 Å². The molecule has 1 aliphatic heterocycles. The lowest BCUT2D eigenvalue weighted by Crippen LogP contribution is -2.30. The van der Waals surface area contributed by atoms with Crippen LogP contribution in [0.15, 0.2) is 30.3 Å². The first-order chi connectivity index (χ1) is 9.20. The van der Waals surface area contributed by atoms with Gasteiger partial charge in [0, 0.05) is 13.1 Å². The molecule has 2 rings (SSSR count). The Hall–Kier alpha value is -2.04. The number of benzene rings is 1. The van der Waals surface area contributed by atoms with Crippen LogP contribution < -0.4 is 0 Å². The zero-order valence-electron chi connectivity index (χ0n) is 10.9. The van der Waals surface area contributed by atoms with Crippen molar-refractivity contribution >= 4 is 12.1 Å². The fourth-order valence-electron chi connectivity index (χ4n) is 2.10. The summed E-state index contributed by atoms with van der Waals surface area (Å²) >= 11 is 0. The molecule has 1 heterocycles. The molecule has 1 aliphatic rings. The average molecular weight is 263 g/mol. The third kappa shape index (κ3) is 3.47. The predicted molar refractivity (Wildman–Crippen MR) is 68.3 cm³/mol. The van der Waals surface area contributed by atoms with Gasteiger partial charge < -0.3 is 14.4 Å². The highest BCUT2D eigenvalue weighted by Gasteiger charge is 2.32. The summed E-state index contributed by atoms with van der Waals surface area (Å²) in [5.74, 6) is -0.493. The SMILES string of the molecule is COC(=O)[C@@H]1CCN(C(=O)OCc2ccccc2)C1. The largest absolute Gasteiger partial charge is 0.469 e. The van der Waals surface area contributed by atoms with E-state index in [1.807, 2.05) is 30.3 Å². The Bertz CT molecular complexity index is 446. The molecule has 5 heteroatoms. The molecule has 0 spiro atoms. The Labute approximate surface area is 112 Å². The number of carbonyl (C=O) groups is 2. The number of nitrogens with zero attached hydrogens (tertiary/aromatic N) is 1. The minimum Gasteiger partial charge on any atom is -0.469 e. The van der Waals surface area contributed by atoms with E-state index in [-0.39, 0.29) is 24.6 Å². The quantitative estimate of drug-likeness (QED) is 0.780. The molecule has 1 atom stereocenters. The van der Waals surface area contributed by atoms with Crippen LogP contribution in [0, 0.1) is 5.92 Å². The molecule has 1 aromatic carbocycles. The number of rotatable bonds is 3. The Morgan fingerprint density at radius 3 is 2.74 bits per heavy atom. The van der Waals surface area contributed by atoms with E-state index < -0.39 is 0 Å². The van der Waals surface area contributed by atoms with E-state index in [4.69, 9.17) is 4.74 Å². The van der Waals surface area contributed by atoms with Gasteiger partial charge in [0.05, 0.1) is 13.0 Å². The topological polar surface area (TPSA) is 55.8 Å². The number of methoxy groups -OCH3 is 1. The van der Waals surface area contributed by atoms with Gasteiger partial charge in [-0.25, -0.2) is 4.79 Å². The monoisotopic (exact) mass is 263 g/mol. The Morgan fingerprint density at radius 2 is 2.05 bits per heavy atom. The maximum absolute atomic E-state index is 11.8. The molecule has 19 heavy (non-hydrogen) atoms. The number of hydrogen-bond acceptors (Lipinski definition) is 4. The van der Waals surface area contributed by atoms with Crippen LogP contribution in [0.5, 0.6) is 0 Å². The summed E-state index contributed by atoms with van der Waals surface area (Å²) in [4.78, 5) is 24.7. The van der Waals surface area contributed by atoms with Crippen molar-refractivity contribution in [1.82, 2.24) is 4.90 Å². The lowest BCUT2D eigenvalue weighted by Gasteiger charge is -2.15. The number of likely N-dealkylation sites (tertiary alicyclic amines) is 1. The number of ether oxygens (including phenoxy) is 2. The van der Waals surface area contributed by atoms with Crippen molar-refractivity contribution < 1.29 is 19.1 Å². The standard InChI is InChI=1S/C14H17NO4/c1-18-13(16)12-7-8-15(9-12)14(17)19-10-11-5-3-2-4-6-11/h2-6,12H,7-10H2,1H3/t12-/m1/s1. The molecule has 5 nitrogen and oxygen atoms in total. The van der Waals surface area contributed by atoms with Crippen LogP contribution in [0.3, 0.4) is 0 Å². The molecule has 0 unspecified atom stereocenters. The van der Waals surface area contributed by atoms with Crippen molar-refractivity contribution in [3.8, 4) is 0 Å². The number of carbonyl (C=O) groups excluding carboxylic acids is 2. The molecule has 102 valence electrons. The van der Waals surface area contributed by atoms with E-state index in [1.54, 1.807) is 4.90 Å². The molecule has 0 aromatic heterocycles. The Morgan fingerprint density at radius 1 is 1.32 bits per heavy atom. The molecule has 0 radical (unpaired) electrons. The number of esters is 1. The summed E-state index contributed by atoms with van der Waals surface area (Å²) in [7, 11) is 1.36. The summed E-state index contributed by atoms with van der Waals surface area (Å²) in [6.45, 7) is 1.16. The molecule has 1 fully saturated rings. The lowest BCUT2D eigenvalue weighted by molar-refractivity contribution is -0.144. The molecule has 1 saturated heterocycles. The van der Waals surface area contributed by atoms with Crippen molar-refractivity contribution in [3.05, 3.63) is 35.9 Å². The number of amides is 1. The highest BCUT2D eigenvalue weighted by atomic mass is 16.6. The van der Waals surface area contributed by atoms with Gasteiger partial charge in [-0.2, -0.15) is 0 Å². The van der Waals surface area contributed by atoms with Crippen LogP contribution in [0.4, 0.5) is 4.79 Å². The van der Waals surface area contributed by atoms with Crippen molar-refractivity contribution in [1.29, 1.82) is 0 Å². The van der Waals surface area contributed by atoms with E-state index in [9.17, 15) is 9.59 Å². The third-order valence-electron chi connectivity index (χ3n) is 3.19. The van der Waals surface area contributed by atoms with Gasteiger partial charge in [0.1, 0.15) is 6.61 Å². The summed E-state index contributed by atoms with van der Waals surface area (Å²) in [6.07, 6.45) is 0.253. The van der Waals surface area contributed by atoms with Gasteiger partial charge in [-0.05, 0) is 12.0 Å². The Kier molecular flexibility index (Phi) is 4.39. The van der Waals surface area contributed by atoms with Gasteiger partial charge in [-0.3, -0.25) is 4.79 Å². The van der Waals surface area contributed by atoms with E-state index in [1.165, 1.54) is 7.11 Å². The molecular weight excluding hydrogens is 246 g/mol. The van der Waals surface area contributed by atoms with E-state index in [2.05, 4.69) is 4.74 Å². The second kappa shape index (κ2) is 6.22. The van der Waals surface area contributed by atoms with Gasteiger partial charge in [0.25, 0.3) is 0 Å². The summed E-state index contributed by atoms with van der Waals surface area (Å²) in [5.41, 5.74) is 0.944. The first-order valence-corrected chi connectivity index (χ1v) is 6.24. The van der Waals surface area contributed by atoms with Crippen molar-refractivity contribution in [2.45, 2.75) is 13.0 Å². The van der Waals surface area contributed by atoms with Gasteiger partial charge in [0.2, 0.25) is 0 Å². The second-order valence-corrected chi connectivity index (χ2v) is 4.49. The van der Waals surface area contributed by atoms with Crippen LogP contribution in [0.25, 0.3) is 0 Å². The molecule has 0 N–H and O–H groups in total. The van der Waals surface area contributed by atoms with Crippen LogP contribution in [-0.2, 0) is 20.9 Å². The van der Waals surface area contributed by atoms with E-state index in [0.717, 1.165) is 5.56 Å². The zero-order chi connectivity index (χ0) is 13.7. The van der Waals surface area contributed by atoms with E-state index >= 15 is 0 Å². The maximum Gasteiger partial charge on any atom is 0.410 e. The molecule has 0 saturated carbocycles. The van der Waals surface area contributed by atoms with Crippen LogP contribution in [0.1, 0.15) is 12.0 Å². The van der Waals surface area contributed by atoms with Crippen molar-refractivity contribution in [2.24, 2.45) is 5.92 Å². The second-order valence-electron chi connectivity index (χ2n) is 4.49. The third-order valence-corrected chi connectivity index (χ3v) is 3.19. The summed E-state index contributed by atoms with van der Waals surface area (Å²) in [5, 5.41) is 0. The zero-order valence-corrected chi connectivity index (χ0v) is 10.9. The van der Waals surface area contributed by atoms with Crippen molar-refractivity contribution in [3.63, 3.8) is 0 Å². The van der Waals surface area contributed by atoms with Crippen LogP contribution >= 0.6 is 0 Å². The fraction of sp³-hybridized carbons (Fsp3) is 0.429. The summed E-state index contributed by atoms with van der Waals surface area (Å²) in [6, 6.07) is 9.49. The average Bonchev–Trinajstić information content (AvgIpc) is 2.95. The smallest absolute Gasteiger partial charge is 0.410 e.